The number of anilines is 3. The first-order valence-electron chi connectivity index (χ1n) is 5.55. The smallest absolute Gasteiger partial charge is 0.135 e. The van der Waals surface area contributed by atoms with Crippen molar-refractivity contribution in [2.24, 2.45) is 0 Å². The highest BCUT2D eigenvalue weighted by Gasteiger charge is 2.00. The van der Waals surface area contributed by atoms with Gasteiger partial charge in [-0.1, -0.05) is 0 Å². The molecule has 2 aromatic heterocycles. The Morgan fingerprint density at radius 3 is 2.89 bits per heavy atom. The van der Waals surface area contributed by atoms with Crippen LogP contribution in [0.15, 0.2) is 36.8 Å². The minimum Gasteiger partial charge on any atom is -0.373 e. The number of nitrogens with zero attached hydrogens (tertiary/aromatic N) is 3. The Kier molecular flexibility index (Phi) is 2.53. The first-order chi connectivity index (χ1) is 8.85. The van der Waals surface area contributed by atoms with Gasteiger partial charge in [-0.3, -0.25) is 5.10 Å². The van der Waals surface area contributed by atoms with E-state index in [9.17, 15) is 0 Å². The van der Waals surface area contributed by atoms with Crippen LogP contribution in [0.25, 0.3) is 10.9 Å². The lowest BCUT2D eigenvalue weighted by Gasteiger charge is -2.06. The van der Waals surface area contributed by atoms with Crippen molar-refractivity contribution in [3.63, 3.8) is 0 Å². The normalized spacial score (nSPS) is 10.5. The lowest BCUT2D eigenvalue weighted by molar-refractivity contribution is 1.12. The van der Waals surface area contributed by atoms with Gasteiger partial charge in [-0.15, -0.1) is 0 Å². The molecule has 18 heavy (non-hydrogen) atoms. The van der Waals surface area contributed by atoms with Crippen molar-refractivity contribution < 1.29 is 0 Å². The quantitative estimate of drug-likeness (QED) is 0.653. The summed E-state index contributed by atoms with van der Waals surface area (Å²) < 4.78 is 0. The van der Waals surface area contributed by atoms with Crippen molar-refractivity contribution in [2.75, 3.05) is 17.7 Å². The van der Waals surface area contributed by atoms with Crippen molar-refractivity contribution in [1.82, 2.24) is 20.2 Å². The van der Waals surface area contributed by atoms with Crippen molar-refractivity contribution in [3.05, 3.63) is 36.8 Å². The number of benzene rings is 1. The Morgan fingerprint density at radius 2 is 2.00 bits per heavy atom. The summed E-state index contributed by atoms with van der Waals surface area (Å²) in [5.74, 6) is 1.52. The second-order valence-corrected chi connectivity index (χ2v) is 3.84. The Labute approximate surface area is 103 Å². The third-order valence-electron chi connectivity index (χ3n) is 2.64. The largest absolute Gasteiger partial charge is 0.373 e. The van der Waals surface area contributed by atoms with E-state index in [1.165, 1.54) is 6.33 Å². The zero-order valence-electron chi connectivity index (χ0n) is 9.81. The molecule has 3 N–H and O–H groups in total. The Balaban J connectivity index is 1.90. The molecule has 2 heterocycles. The van der Waals surface area contributed by atoms with E-state index in [0.29, 0.717) is 0 Å². The Bertz CT molecular complexity index is 675. The number of rotatable bonds is 3. The lowest BCUT2D eigenvalue weighted by Crippen LogP contribution is -1.97. The molecule has 0 saturated heterocycles. The first-order valence-corrected chi connectivity index (χ1v) is 5.55. The van der Waals surface area contributed by atoms with E-state index in [1.807, 2.05) is 31.3 Å². The molecule has 0 fully saturated rings. The topological polar surface area (TPSA) is 78.5 Å². The Morgan fingerprint density at radius 1 is 1.11 bits per heavy atom. The molecule has 90 valence electrons. The highest BCUT2D eigenvalue weighted by molar-refractivity contribution is 5.82. The van der Waals surface area contributed by atoms with Crippen molar-refractivity contribution in [1.29, 1.82) is 0 Å². The number of aromatic amines is 1. The van der Waals surface area contributed by atoms with Crippen molar-refractivity contribution in [3.8, 4) is 0 Å². The molecule has 0 aliphatic rings. The number of aromatic nitrogens is 4. The average molecular weight is 240 g/mol. The monoisotopic (exact) mass is 240 g/mol. The molecule has 0 amide bonds. The summed E-state index contributed by atoms with van der Waals surface area (Å²) in [5.41, 5.74) is 1.98. The van der Waals surface area contributed by atoms with E-state index < -0.39 is 0 Å². The van der Waals surface area contributed by atoms with Gasteiger partial charge in [0, 0.05) is 24.2 Å². The molecule has 6 nitrogen and oxygen atoms in total. The summed E-state index contributed by atoms with van der Waals surface area (Å²) in [4.78, 5) is 8.23. The molecule has 0 aliphatic heterocycles. The third kappa shape index (κ3) is 1.95. The Hall–Kier alpha value is -2.63. The van der Waals surface area contributed by atoms with Gasteiger partial charge in [0.05, 0.1) is 11.7 Å². The predicted octanol–water partition coefficient (Wildman–Crippen LogP) is 2.14. The standard InChI is InChI=1S/C12H12N6/c1-13-11-5-12(15-7-14-11)17-9-2-3-10-8(4-9)6-16-18-10/h2-7H,1H3,(H,16,18)(H2,13,14,15,17). The van der Waals surface area contributed by atoms with Gasteiger partial charge in [0.2, 0.25) is 0 Å². The average Bonchev–Trinajstić information content (AvgIpc) is 2.86. The van der Waals surface area contributed by atoms with Crippen LogP contribution in [-0.2, 0) is 0 Å². The minimum atomic E-state index is 0.747. The molecule has 6 heteroatoms. The number of hydrogen-bond acceptors (Lipinski definition) is 5. The summed E-state index contributed by atoms with van der Waals surface area (Å²) in [7, 11) is 1.82. The van der Waals surface area contributed by atoms with Gasteiger partial charge in [-0.25, -0.2) is 9.97 Å². The summed E-state index contributed by atoms with van der Waals surface area (Å²) in [6.45, 7) is 0. The summed E-state index contributed by atoms with van der Waals surface area (Å²) in [6.07, 6.45) is 3.31. The fraction of sp³-hybridized carbons (Fsp3) is 0.0833. The molecule has 0 atom stereocenters. The van der Waals surface area contributed by atoms with Gasteiger partial charge in [-0.05, 0) is 18.2 Å². The van der Waals surface area contributed by atoms with Gasteiger partial charge in [0.1, 0.15) is 18.0 Å². The minimum absolute atomic E-state index is 0.747. The highest BCUT2D eigenvalue weighted by Crippen LogP contribution is 2.20. The molecule has 1 aromatic carbocycles. The van der Waals surface area contributed by atoms with Crippen LogP contribution in [0, 0.1) is 0 Å². The summed E-state index contributed by atoms with van der Waals surface area (Å²) in [6, 6.07) is 7.81. The third-order valence-corrected chi connectivity index (χ3v) is 2.64. The van der Waals surface area contributed by atoms with E-state index in [2.05, 4.69) is 30.8 Å². The second-order valence-electron chi connectivity index (χ2n) is 3.84. The highest BCUT2D eigenvalue weighted by atomic mass is 15.1. The molecule has 0 spiro atoms. The maximum atomic E-state index is 4.16. The molecular formula is C12H12N6. The number of nitrogens with one attached hydrogen (secondary N) is 3. The van der Waals surface area contributed by atoms with Crippen LogP contribution >= 0.6 is 0 Å². The molecule has 3 aromatic rings. The number of H-pyrrole nitrogens is 1. The fourth-order valence-corrected chi connectivity index (χ4v) is 1.73. The van der Waals surface area contributed by atoms with Crippen LogP contribution in [0.1, 0.15) is 0 Å². The molecular weight excluding hydrogens is 228 g/mol. The van der Waals surface area contributed by atoms with Gasteiger partial charge >= 0.3 is 0 Å². The van der Waals surface area contributed by atoms with Crippen LogP contribution in [0.3, 0.4) is 0 Å². The molecule has 0 saturated carbocycles. The lowest BCUT2D eigenvalue weighted by atomic mass is 10.2. The second kappa shape index (κ2) is 4.33. The van der Waals surface area contributed by atoms with Gasteiger partial charge in [-0.2, -0.15) is 5.10 Å². The van der Waals surface area contributed by atoms with E-state index >= 15 is 0 Å². The van der Waals surface area contributed by atoms with Crippen molar-refractivity contribution >= 4 is 28.2 Å². The summed E-state index contributed by atoms with van der Waals surface area (Å²) >= 11 is 0. The van der Waals surface area contributed by atoms with E-state index in [0.717, 1.165) is 28.2 Å². The zero-order chi connectivity index (χ0) is 12.4. The SMILES string of the molecule is CNc1cc(Nc2ccc3[nH]ncc3c2)ncn1. The molecule has 0 aliphatic carbocycles. The maximum Gasteiger partial charge on any atom is 0.135 e. The van der Waals surface area contributed by atoms with E-state index in [4.69, 9.17) is 0 Å². The first kappa shape index (κ1) is 10.5. The number of hydrogen-bond donors (Lipinski definition) is 3. The zero-order valence-corrected chi connectivity index (χ0v) is 9.81. The fourth-order valence-electron chi connectivity index (χ4n) is 1.73. The molecule has 0 radical (unpaired) electrons. The molecule has 3 rings (SSSR count). The summed E-state index contributed by atoms with van der Waals surface area (Å²) in [5, 5.41) is 14.2. The van der Waals surface area contributed by atoms with Gasteiger partial charge in [0.25, 0.3) is 0 Å². The molecule has 0 bridgehead atoms. The van der Waals surface area contributed by atoms with E-state index in [1.54, 1.807) is 6.20 Å². The van der Waals surface area contributed by atoms with Crippen LogP contribution in [-0.4, -0.2) is 27.2 Å². The van der Waals surface area contributed by atoms with Crippen LogP contribution in [0.2, 0.25) is 0 Å². The number of fused-ring (bicyclic) bond motifs is 1. The molecule has 0 unspecified atom stereocenters. The predicted molar refractivity (Wildman–Crippen MR) is 71.0 cm³/mol. The van der Waals surface area contributed by atoms with Gasteiger partial charge in [0.15, 0.2) is 0 Å². The van der Waals surface area contributed by atoms with Crippen LogP contribution in [0.4, 0.5) is 17.3 Å². The van der Waals surface area contributed by atoms with Gasteiger partial charge < -0.3 is 10.6 Å². The van der Waals surface area contributed by atoms with Crippen molar-refractivity contribution in [2.45, 2.75) is 0 Å². The van der Waals surface area contributed by atoms with Crippen LogP contribution in [0.5, 0.6) is 0 Å². The maximum absolute atomic E-state index is 4.16. The van der Waals surface area contributed by atoms with Crippen LogP contribution < -0.4 is 10.6 Å². The van der Waals surface area contributed by atoms with E-state index in [-0.39, 0.29) is 0 Å².